The highest BCUT2D eigenvalue weighted by molar-refractivity contribution is 5.83. The summed E-state index contributed by atoms with van der Waals surface area (Å²) in [6, 6.07) is 10.7. The van der Waals surface area contributed by atoms with Crippen LogP contribution in [0.1, 0.15) is 36.1 Å². The van der Waals surface area contributed by atoms with Gasteiger partial charge in [0.15, 0.2) is 0 Å². The van der Waals surface area contributed by atoms with Gasteiger partial charge in [0.25, 0.3) is 0 Å². The summed E-state index contributed by atoms with van der Waals surface area (Å²) in [6.45, 7) is 7.83. The van der Waals surface area contributed by atoms with Crippen LogP contribution in [0, 0.1) is 0 Å². The molecule has 6 heteroatoms. The predicted molar refractivity (Wildman–Crippen MR) is 115 cm³/mol. The first-order valence-electron chi connectivity index (χ1n) is 9.91. The smallest absolute Gasteiger partial charge is 0.353 e. The fraction of sp³-hybridized carbons (Fsp3) is 0.240. The van der Waals surface area contributed by atoms with E-state index in [9.17, 15) is 13.7 Å². The summed E-state index contributed by atoms with van der Waals surface area (Å²) in [6.07, 6.45) is 3.64. The number of allylic oxidation sites excluding steroid dienone is 5. The zero-order chi connectivity index (χ0) is 22.4. The molecule has 0 N–H and O–H groups in total. The minimum Gasteiger partial charge on any atom is -0.492 e. The Morgan fingerprint density at radius 1 is 1.26 bits per heavy atom. The highest BCUT2D eigenvalue weighted by atomic mass is 19.3. The van der Waals surface area contributed by atoms with Gasteiger partial charge in [-0.05, 0) is 48.7 Å². The van der Waals surface area contributed by atoms with E-state index in [4.69, 9.17) is 9.47 Å². The van der Waals surface area contributed by atoms with Crippen LogP contribution >= 0.6 is 0 Å². The van der Waals surface area contributed by atoms with Crippen molar-refractivity contribution in [3.63, 3.8) is 0 Å². The molecule has 0 spiro atoms. The Labute approximate surface area is 180 Å². The van der Waals surface area contributed by atoms with Crippen LogP contribution in [-0.2, 0) is 29.2 Å². The summed E-state index contributed by atoms with van der Waals surface area (Å²) in [4.78, 5) is 14.6. The van der Waals surface area contributed by atoms with Crippen LogP contribution in [0.25, 0.3) is 5.57 Å². The number of carbonyl (C=O) groups excluding carboxylic acids is 1. The Hall–Kier alpha value is -3.41. The molecule has 0 aromatic heterocycles. The molecule has 0 unspecified atom stereocenters. The maximum Gasteiger partial charge on any atom is 0.353 e. The van der Waals surface area contributed by atoms with Crippen molar-refractivity contribution in [2.75, 3.05) is 6.61 Å². The Kier molecular flexibility index (Phi) is 7.23. The van der Waals surface area contributed by atoms with Gasteiger partial charge in [-0.15, -0.1) is 0 Å². The third kappa shape index (κ3) is 5.20. The van der Waals surface area contributed by atoms with Crippen molar-refractivity contribution >= 4 is 11.5 Å². The summed E-state index contributed by atoms with van der Waals surface area (Å²) < 4.78 is 38.8. The van der Waals surface area contributed by atoms with E-state index in [1.165, 1.54) is 0 Å². The molecule has 3 rings (SSSR count). The van der Waals surface area contributed by atoms with Crippen LogP contribution < -0.4 is 9.47 Å². The lowest BCUT2D eigenvalue weighted by molar-refractivity contribution is -0.182. The molecule has 0 aliphatic carbocycles. The molecule has 1 heterocycles. The number of hydrogen-bond donors (Lipinski definition) is 0. The van der Waals surface area contributed by atoms with Gasteiger partial charge in [0, 0.05) is 27.6 Å². The van der Waals surface area contributed by atoms with Crippen molar-refractivity contribution in [2.45, 2.75) is 33.3 Å². The number of rotatable bonds is 8. The van der Waals surface area contributed by atoms with E-state index in [0.29, 0.717) is 46.8 Å². The van der Waals surface area contributed by atoms with Gasteiger partial charge in [-0.25, -0.2) is 9.18 Å². The zero-order valence-electron chi connectivity index (χ0n) is 17.5. The number of halogens is 2. The van der Waals surface area contributed by atoms with E-state index in [2.05, 4.69) is 11.5 Å². The fourth-order valence-electron chi connectivity index (χ4n) is 3.46. The van der Waals surface area contributed by atoms with Gasteiger partial charge < -0.3 is 9.47 Å². The van der Waals surface area contributed by atoms with Gasteiger partial charge in [0.05, 0.1) is 13.0 Å². The summed E-state index contributed by atoms with van der Waals surface area (Å²) in [5.41, 5.74) is 3.90. The molecule has 1 aliphatic heterocycles. The lowest BCUT2D eigenvalue weighted by Gasteiger charge is -2.15. The Morgan fingerprint density at radius 2 is 2.03 bits per heavy atom. The van der Waals surface area contributed by atoms with Crippen molar-refractivity contribution in [3.8, 4) is 11.5 Å². The highest BCUT2D eigenvalue weighted by Gasteiger charge is 2.22. The molecule has 0 bridgehead atoms. The first-order valence-corrected chi connectivity index (χ1v) is 9.91. The zero-order valence-corrected chi connectivity index (χ0v) is 17.5. The SMILES string of the molecule is C=C/C=C(\C(F)=C(C)C)c1cc(COc2ccccc2CC(=O)OF)cc2c1OCC2. The van der Waals surface area contributed by atoms with Crippen LogP contribution in [0.2, 0.25) is 0 Å². The Balaban J connectivity index is 1.94. The molecule has 1 aliphatic rings. The molecule has 0 radical (unpaired) electrons. The molecule has 2 aromatic carbocycles. The highest BCUT2D eigenvalue weighted by Crippen LogP contribution is 2.39. The summed E-state index contributed by atoms with van der Waals surface area (Å²) in [5, 5.41) is 0. The van der Waals surface area contributed by atoms with Crippen molar-refractivity contribution in [1.82, 2.24) is 0 Å². The third-order valence-electron chi connectivity index (χ3n) is 4.88. The Bertz CT molecular complexity index is 1050. The van der Waals surface area contributed by atoms with Crippen LogP contribution in [-0.4, -0.2) is 12.6 Å². The van der Waals surface area contributed by atoms with Crippen LogP contribution in [0.4, 0.5) is 8.92 Å². The van der Waals surface area contributed by atoms with E-state index in [0.717, 1.165) is 11.1 Å². The summed E-state index contributed by atoms with van der Waals surface area (Å²) >= 11 is 0. The van der Waals surface area contributed by atoms with Crippen molar-refractivity contribution < 1.29 is 28.1 Å². The summed E-state index contributed by atoms with van der Waals surface area (Å²) in [7, 11) is 0. The second-order valence-electron chi connectivity index (χ2n) is 7.38. The van der Waals surface area contributed by atoms with E-state index in [1.807, 2.05) is 12.1 Å². The van der Waals surface area contributed by atoms with Gasteiger partial charge in [-0.1, -0.05) is 36.9 Å². The van der Waals surface area contributed by atoms with Gasteiger partial charge in [-0.2, -0.15) is 0 Å². The van der Waals surface area contributed by atoms with E-state index < -0.39 is 5.97 Å². The predicted octanol–water partition coefficient (Wildman–Crippen LogP) is 6.00. The molecule has 0 amide bonds. The molecular formula is C25H24F2O4. The third-order valence-corrected chi connectivity index (χ3v) is 4.88. The largest absolute Gasteiger partial charge is 0.492 e. The van der Waals surface area contributed by atoms with Crippen LogP contribution in [0.5, 0.6) is 11.5 Å². The fourth-order valence-corrected chi connectivity index (χ4v) is 3.46. The average Bonchev–Trinajstić information content (AvgIpc) is 3.24. The van der Waals surface area contributed by atoms with Gasteiger partial charge >= 0.3 is 5.97 Å². The molecule has 31 heavy (non-hydrogen) atoms. The quantitative estimate of drug-likeness (QED) is 0.486. The van der Waals surface area contributed by atoms with Gasteiger partial charge in [0.1, 0.15) is 23.9 Å². The maximum atomic E-state index is 14.9. The minimum absolute atomic E-state index is 0.180. The average molecular weight is 426 g/mol. The molecule has 0 saturated heterocycles. The number of para-hydroxylation sites is 1. The van der Waals surface area contributed by atoms with Crippen molar-refractivity contribution in [2.24, 2.45) is 0 Å². The minimum atomic E-state index is -0.996. The standard InChI is InChI=1S/C25H24F2O4/c1-4-7-20(24(26)16(2)3)21-13-17(12-19-10-11-29-25(19)21)15-30-22-9-6-5-8-18(22)14-23(28)31-27/h4-9,12-13H,1,10-11,14-15H2,2-3H3/b20-7-. The van der Waals surface area contributed by atoms with Crippen LogP contribution in [0.15, 0.2) is 66.5 Å². The first kappa shape index (κ1) is 22.3. The lowest BCUT2D eigenvalue weighted by Crippen LogP contribution is -2.06. The van der Waals surface area contributed by atoms with E-state index in [-0.39, 0.29) is 18.9 Å². The second kappa shape index (κ2) is 10.1. The molecule has 0 saturated carbocycles. The van der Waals surface area contributed by atoms with E-state index in [1.54, 1.807) is 50.3 Å². The normalized spacial score (nSPS) is 12.6. The molecule has 4 nitrogen and oxygen atoms in total. The second-order valence-corrected chi connectivity index (χ2v) is 7.38. The monoisotopic (exact) mass is 426 g/mol. The van der Waals surface area contributed by atoms with Crippen LogP contribution in [0.3, 0.4) is 0 Å². The van der Waals surface area contributed by atoms with Crippen molar-refractivity contribution in [3.05, 3.63) is 88.8 Å². The van der Waals surface area contributed by atoms with Gasteiger partial charge in [-0.3, -0.25) is 4.94 Å². The number of benzene rings is 2. The number of carbonyl (C=O) groups is 1. The molecule has 0 atom stereocenters. The topological polar surface area (TPSA) is 44.8 Å². The first-order chi connectivity index (χ1) is 14.9. The lowest BCUT2D eigenvalue weighted by atomic mass is 9.95. The number of ether oxygens (including phenoxy) is 2. The van der Waals surface area contributed by atoms with Crippen molar-refractivity contribution in [1.29, 1.82) is 0 Å². The number of hydrogen-bond acceptors (Lipinski definition) is 4. The van der Waals surface area contributed by atoms with E-state index >= 15 is 0 Å². The maximum absolute atomic E-state index is 14.9. The number of fused-ring (bicyclic) bond motifs is 1. The molecule has 162 valence electrons. The molecule has 0 fully saturated rings. The van der Waals surface area contributed by atoms with Gasteiger partial charge in [0.2, 0.25) is 0 Å². The molecular weight excluding hydrogens is 402 g/mol. The summed E-state index contributed by atoms with van der Waals surface area (Å²) in [5.74, 6) is -0.210. The Morgan fingerprint density at radius 3 is 2.74 bits per heavy atom. The molecule has 2 aromatic rings.